The van der Waals surface area contributed by atoms with Crippen LogP contribution >= 0.6 is 0 Å². The van der Waals surface area contributed by atoms with Crippen LogP contribution in [-0.2, 0) is 4.74 Å². The topological polar surface area (TPSA) is 122 Å². The lowest BCUT2D eigenvalue weighted by atomic mass is 10.1. The molecule has 8 nitrogen and oxygen atoms in total. The molecule has 2 aromatic heterocycles. The number of nitrogens with one attached hydrogen (secondary N) is 2. The van der Waals surface area contributed by atoms with Crippen LogP contribution < -0.4 is 16.9 Å². The van der Waals surface area contributed by atoms with E-state index in [1.54, 1.807) is 26.2 Å². The smallest absolute Gasteiger partial charge is 0.411 e. The second kappa shape index (κ2) is 6.33. The van der Waals surface area contributed by atoms with Crippen molar-refractivity contribution >= 4 is 39.4 Å². The standard InChI is InChI=1S/C17H20N6O2/c1-9(18)16(23(2)19)10-6-14-15(20-8-10)12-5-4-11(7-13(12)22-14)21-17(24)25-3/h4-8,22H,18-19H2,1-3H3,(H,21,24)/b16-9-. The van der Waals surface area contributed by atoms with E-state index in [2.05, 4.69) is 20.0 Å². The van der Waals surface area contributed by atoms with Crippen molar-refractivity contribution in [1.82, 2.24) is 15.0 Å². The lowest BCUT2D eigenvalue weighted by molar-refractivity contribution is 0.187. The van der Waals surface area contributed by atoms with Crippen LogP contribution in [0, 0.1) is 0 Å². The molecule has 1 amide bonds. The number of amides is 1. The molecule has 0 saturated heterocycles. The number of benzene rings is 1. The molecule has 0 aliphatic carbocycles. The fraction of sp³-hybridized carbons (Fsp3) is 0.176. The monoisotopic (exact) mass is 340 g/mol. The van der Waals surface area contributed by atoms with Gasteiger partial charge in [0.15, 0.2) is 0 Å². The Hall–Kier alpha value is -3.26. The van der Waals surface area contributed by atoms with E-state index in [1.807, 2.05) is 18.2 Å². The van der Waals surface area contributed by atoms with Gasteiger partial charge in [0, 0.05) is 35.6 Å². The van der Waals surface area contributed by atoms with Crippen molar-refractivity contribution in [2.24, 2.45) is 11.6 Å². The third-order valence-corrected chi connectivity index (χ3v) is 3.86. The van der Waals surface area contributed by atoms with Gasteiger partial charge in [0.25, 0.3) is 0 Å². The van der Waals surface area contributed by atoms with Crippen molar-refractivity contribution < 1.29 is 9.53 Å². The van der Waals surface area contributed by atoms with Gasteiger partial charge >= 0.3 is 6.09 Å². The highest BCUT2D eigenvalue weighted by Crippen LogP contribution is 2.28. The number of ether oxygens (including phenoxy) is 1. The number of H-pyrrole nitrogens is 1. The van der Waals surface area contributed by atoms with E-state index in [1.165, 1.54) is 12.1 Å². The van der Waals surface area contributed by atoms with Crippen molar-refractivity contribution in [3.63, 3.8) is 0 Å². The minimum absolute atomic E-state index is 0.518. The molecule has 0 unspecified atom stereocenters. The number of pyridine rings is 1. The number of hydrazine groups is 1. The molecule has 0 aliphatic rings. The number of methoxy groups -OCH3 is 1. The van der Waals surface area contributed by atoms with Gasteiger partial charge in [0.1, 0.15) is 0 Å². The highest BCUT2D eigenvalue weighted by atomic mass is 16.5. The number of hydrogen-bond donors (Lipinski definition) is 4. The maximum Gasteiger partial charge on any atom is 0.411 e. The molecule has 3 aromatic rings. The first-order valence-corrected chi connectivity index (χ1v) is 7.62. The number of carbonyl (C=O) groups is 1. The zero-order valence-electron chi connectivity index (χ0n) is 14.3. The maximum absolute atomic E-state index is 11.3. The first-order valence-electron chi connectivity index (χ1n) is 7.62. The average Bonchev–Trinajstić information content (AvgIpc) is 2.90. The van der Waals surface area contributed by atoms with Gasteiger partial charge in [0.05, 0.1) is 29.4 Å². The molecule has 6 N–H and O–H groups in total. The Balaban J connectivity index is 2.10. The maximum atomic E-state index is 11.3. The van der Waals surface area contributed by atoms with Crippen molar-refractivity contribution in [1.29, 1.82) is 0 Å². The van der Waals surface area contributed by atoms with E-state index in [-0.39, 0.29) is 0 Å². The second-order valence-electron chi connectivity index (χ2n) is 5.76. The van der Waals surface area contributed by atoms with E-state index >= 15 is 0 Å². The molecular formula is C17H20N6O2. The van der Waals surface area contributed by atoms with Crippen LogP contribution in [0.5, 0.6) is 0 Å². The second-order valence-corrected chi connectivity index (χ2v) is 5.76. The van der Waals surface area contributed by atoms with Crippen LogP contribution in [0.3, 0.4) is 0 Å². The fourth-order valence-electron chi connectivity index (χ4n) is 2.86. The molecule has 8 heteroatoms. The lowest BCUT2D eigenvalue weighted by Crippen LogP contribution is -2.26. The van der Waals surface area contributed by atoms with E-state index < -0.39 is 6.09 Å². The van der Waals surface area contributed by atoms with Crippen LogP contribution in [0.1, 0.15) is 12.5 Å². The molecule has 0 saturated carbocycles. The average molecular weight is 340 g/mol. The number of carbonyl (C=O) groups excluding carboxylic acids is 1. The van der Waals surface area contributed by atoms with Crippen LogP contribution in [0.25, 0.3) is 27.6 Å². The lowest BCUT2D eigenvalue weighted by Gasteiger charge is -2.18. The number of aromatic amines is 1. The zero-order valence-corrected chi connectivity index (χ0v) is 14.3. The van der Waals surface area contributed by atoms with Crippen molar-refractivity contribution in [2.45, 2.75) is 6.92 Å². The molecule has 0 spiro atoms. The van der Waals surface area contributed by atoms with Gasteiger partial charge in [-0.2, -0.15) is 0 Å². The summed E-state index contributed by atoms with van der Waals surface area (Å²) in [5, 5.41) is 5.06. The Morgan fingerprint density at radius 2 is 2.08 bits per heavy atom. The predicted molar refractivity (Wildman–Crippen MR) is 98.4 cm³/mol. The van der Waals surface area contributed by atoms with Crippen LogP contribution in [0.4, 0.5) is 10.5 Å². The van der Waals surface area contributed by atoms with Crippen molar-refractivity contribution in [2.75, 3.05) is 19.5 Å². The van der Waals surface area contributed by atoms with Crippen molar-refractivity contribution in [3.8, 4) is 0 Å². The Morgan fingerprint density at radius 1 is 1.32 bits per heavy atom. The van der Waals surface area contributed by atoms with Crippen LogP contribution in [-0.4, -0.2) is 35.2 Å². The first-order chi connectivity index (χ1) is 11.9. The molecule has 2 heterocycles. The number of hydrogen-bond acceptors (Lipinski definition) is 6. The summed E-state index contributed by atoms with van der Waals surface area (Å²) in [6.45, 7) is 1.79. The van der Waals surface area contributed by atoms with E-state index in [9.17, 15) is 4.79 Å². The minimum Gasteiger partial charge on any atom is -0.453 e. The fourth-order valence-corrected chi connectivity index (χ4v) is 2.86. The number of anilines is 1. The van der Waals surface area contributed by atoms with E-state index in [4.69, 9.17) is 11.6 Å². The van der Waals surface area contributed by atoms with Gasteiger partial charge < -0.3 is 20.5 Å². The molecule has 0 aliphatic heterocycles. The minimum atomic E-state index is -0.518. The predicted octanol–water partition coefficient (Wildman–Crippen LogP) is 2.35. The van der Waals surface area contributed by atoms with Gasteiger partial charge in [-0.25, -0.2) is 10.6 Å². The first kappa shape index (κ1) is 16.6. The quantitative estimate of drug-likeness (QED) is 0.429. The summed E-state index contributed by atoms with van der Waals surface area (Å²) in [7, 11) is 3.05. The molecule has 0 atom stereocenters. The largest absolute Gasteiger partial charge is 0.453 e. The number of rotatable bonds is 3. The van der Waals surface area contributed by atoms with Gasteiger partial charge in [-0.3, -0.25) is 10.3 Å². The summed E-state index contributed by atoms with van der Waals surface area (Å²) >= 11 is 0. The molecule has 0 fully saturated rings. The van der Waals surface area contributed by atoms with Gasteiger partial charge in [-0.1, -0.05) is 0 Å². The highest BCUT2D eigenvalue weighted by Gasteiger charge is 2.12. The molecule has 1 aromatic carbocycles. The van der Waals surface area contributed by atoms with Crippen molar-refractivity contribution in [3.05, 3.63) is 41.7 Å². The third kappa shape index (κ3) is 3.07. The highest BCUT2D eigenvalue weighted by molar-refractivity contribution is 6.06. The third-order valence-electron chi connectivity index (χ3n) is 3.86. The van der Waals surface area contributed by atoms with Gasteiger partial charge in [-0.05, 0) is 31.2 Å². The normalized spacial score (nSPS) is 12.2. The Morgan fingerprint density at radius 3 is 2.72 bits per heavy atom. The zero-order chi connectivity index (χ0) is 18.1. The number of nitrogens with two attached hydrogens (primary N) is 2. The summed E-state index contributed by atoms with van der Waals surface area (Å²) < 4.78 is 4.61. The number of fused-ring (bicyclic) bond motifs is 3. The molecule has 0 bridgehead atoms. The van der Waals surface area contributed by atoms with Gasteiger partial charge in [0.2, 0.25) is 0 Å². The summed E-state index contributed by atoms with van der Waals surface area (Å²) in [6, 6.07) is 7.47. The van der Waals surface area contributed by atoms with Crippen LogP contribution in [0.15, 0.2) is 36.2 Å². The summed E-state index contributed by atoms with van der Waals surface area (Å²) in [6.07, 6.45) is 1.22. The summed E-state index contributed by atoms with van der Waals surface area (Å²) in [5.74, 6) is 5.87. The van der Waals surface area contributed by atoms with E-state index in [0.29, 0.717) is 17.1 Å². The Labute approximate surface area is 144 Å². The van der Waals surface area contributed by atoms with Crippen LogP contribution in [0.2, 0.25) is 0 Å². The Bertz CT molecular complexity index is 985. The molecular weight excluding hydrogens is 320 g/mol. The molecule has 0 radical (unpaired) electrons. The number of nitrogens with zero attached hydrogens (tertiary/aromatic N) is 2. The number of allylic oxidation sites excluding steroid dienone is 1. The SMILES string of the molecule is COC(=O)Nc1ccc2c(c1)[nH]c1cc(/C(=C(\C)N)N(C)N)cnc12. The summed E-state index contributed by atoms with van der Waals surface area (Å²) in [5.41, 5.74) is 11.2. The Kier molecular flexibility index (Phi) is 4.20. The van der Waals surface area contributed by atoms with E-state index in [0.717, 1.165) is 27.5 Å². The summed E-state index contributed by atoms with van der Waals surface area (Å²) in [4.78, 5) is 19.2. The molecule has 130 valence electrons. The number of aromatic nitrogens is 2. The molecule has 25 heavy (non-hydrogen) atoms. The molecule has 3 rings (SSSR count). The van der Waals surface area contributed by atoms with Gasteiger partial charge in [-0.15, -0.1) is 0 Å².